The Morgan fingerprint density at radius 2 is 1.74 bits per heavy atom. The molecule has 3 amide bonds. The number of fused-ring (bicyclic) bond motifs is 1. The topological polar surface area (TPSA) is 66.5 Å². The van der Waals surface area contributed by atoms with Crippen molar-refractivity contribution in [3.05, 3.63) is 29.3 Å². The zero-order chi connectivity index (χ0) is 24.0. The first-order chi connectivity index (χ1) is 16.5. The number of hydrogen-bond donors (Lipinski definition) is 1. The Hall–Kier alpha value is -1.86. The molecular weight excluding hydrogens is 446 g/mol. The van der Waals surface area contributed by atoms with Crippen molar-refractivity contribution >= 4 is 29.5 Å². The van der Waals surface area contributed by atoms with E-state index in [1.165, 1.54) is 81.9 Å². The summed E-state index contributed by atoms with van der Waals surface area (Å²) in [6.07, 6.45) is 12.7. The predicted octanol–water partition coefficient (Wildman–Crippen LogP) is 4.51. The molecule has 1 aromatic rings. The second-order valence-corrected chi connectivity index (χ2v) is 11.6. The van der Waals surface area contributed by atoms with Crippen LogP contribution in [0.3, 0.4) is 0 Å². The van der Waals surface area contributed by atoms with E-state index in [1.54, 1.807) is 4.90 Å². The van der Waals surface area contributed by atoms with Crippen LogP contribution in [0.5, 0.6) is 0 Å². The second-order valence-electron chi connectivity index (χ2n) is 10.5. The van der Waals surface area contributed by atoms with Crippen LogP contribution in [0.15, 0.2) is 23.1 Å². The van der Waals surface area contributed by atoms with Crippen molar-refractivity contribution in [3.63, 3.8) is 0 Å². The van der Waals surface area contributed by atoms with E-state index >= 15 is 0 Å². The molecule has 6 nitrogen and oxygen atoms in total. The number of nitrogens with one attached hydrogen (secondary N) is 1. The molecule has 1 N–H and O–H groups in total. The number of hydrogen-bond acceptors (Lipinski definition) is 4. The highest BCUT2D eigenvalue weighted by atomic mass is 32.2. The molecule has 0 radical (unpaired) electrons. The van der Waals surface area contributed by atoms with Gasteiger partial charge in [0.25, 0.3) is 5.91 Å². The molecular formula is C27H40N3O3S+. The molecule has 2 saturated heterocycles. The lowest BCUT2D eigenvalue weighted by atomic mass is 10.0. The van der Waals surface area contributed by atoms with E-state index in [9.17, 15) is 14.4 Å². The molecule has 3 heterocycles. The van der Waals surface area contributed by atoms with Crippen LogP contribution in [0.1, 0.15) is 86.6 Å². The SMILES string of the molecule is C[N+]1(CCCCCCCCSc2cccc3c2CN(C2CCC(=O)NC2=O)C3=O)CCCCC1. The molecule has 0 aromatic heterocycles. The largest absolute Gasteiger partial charge is 0.326 e. The Bertz CT molecular complexity index is 897. The van der Waals surface area contributed by atoms with Gasteiger partial charge in [0.05, 0.1) is 26.7 Å². The number of carbonyl (C=O) groups is 3. The van der Waals surface area contributed by atoms with Crippen molar-refractivity contribution in [2.75, 3.05) is 32.4 Å². The average Bonchev–Trinajstić information content (AvgIpc) is 3.15. The normalized spacial score (nSPS) is 22.1. The Balaban J connectivity index is 1.16. The van der Waals surface area contributed by atoms with Crippen molar-refractivity contribution in [3.8, 4) is 0 Å². The number of rotatable bonds is 11. The number of thioether (sulfide) groups is 1. The monoisotopic (exact) mass is 486 g/mol. The van der Waals surface area contributed by atoms with Gasteiger partial charge in [0.1, 0.15) is 6.04 Å². The lowest BCUT2D eigenvalue weighted by Gasteiger charge is -2.37. The number of unbranched alkanes of at least 4 members (excludes halogenated alkanes) is 5. The molecule has 0 saturated carbocycles. The Kier molecular flexibility index (Phi) is 8.70. The summed E-state index contributed by atoms with van der Waals surface area (Å²) in [5, 5.41) is 2.38. The Labute approximate surface area is 208 Å². The van der Waals surface area contributed by atoms with Crippen LogP contribution in [0.25, 0.3) is 0 Å². The molecule has 0 spiro atoms. The standard InChI is InChI=1S/C27H39N3O3S/c1-30(17-8-6-9-18-30)16-7-4-2-3-5-10-19-34-24-13-11-12-21-22(24)20-29(27(21)33)23-14-15-25(31)28-26(23)32/h11-13,23H,2-10,14-20H2,1H3/p+1. The van der Waals surface area contributed by atoms with Gasteiger partial charge in [-0.15, -0.1) is 11.8 Å². The van der Waals surface area contributed by atoms with Crippen LogP contribution in [0.2, 0.25) is 0 Å². The van der Waals surface area contributed by atoms with Crippen molar-refractivity contribution in [2.45, 2.75) is 88.1 Å². The van der Waals surface area contributed by atoms with E-state index in [0.717, 1.165) is 16.2 Å². The number of benzene rings is 1. The maximum Gasteiger partial charge on any atom is 0.255 e. The maximum absolute atomic E-state index is 12.9. The zero-order valence-electron chi connectivity index (χ0n) is 20.7. The van der Waals surface area contributed by atoms with Crippen molar-refractivity contribution in [1.29, 1.82) is 0 Å². The quantitative estimate of drug-likeness (QED) is 0.216. The Morgan fingerprint density at radius 1 is 1.00 bits per heavy atom. The Morgan fingerprint density at radius 3 is 2.50 bits per heavy atom. The van der Waals surface area contributed by atoms with Gasteiger partial charge in [0, 0.05) is 23.4 Å². The summed E-state index contributed by atoms with van der Waals surface area (Å²) in [6.45, 7) is 4.55. The minimum atomic E-state index is -0.546. The number of carbonyl (C=O) groups excluding carboxylic acids is 3. The molecule has 2 fully saturated rings. The van der Waals surface area contributed by atoms with Crippen molar-refractivity contribution in [1.82, 2.24) is 10.2 Å². The molecule has 4 rings (SSSR count). The smallest absolute Gasteiger partial charge is 0.255 e. The molecule has 186 valence electrons. The summed E-state index contributed by atoms with van der Waals surface area (Å²) in [4.78, 5) is 39.5. The number of piperidine rings is 2. The maximum atomic E-state index is 12.9. The molecule has 0 aliphatic carbocycles. The van der Waals surface area contributed by atoms with E-state index in [2.05, 4.69) is 18.4 Å². The van der Waals surface area contributed by atoms with E-state index in [4.69, 9.17) is 0 Å². The van der Waals surface area contributed by atoms with Crippen LogP contribution in [-0.2, 0) is 16.1 Å². The predicted molar refractivity (Wildman–Crippen MR) is 136 cm³/mol. The van der Waals surface area contributed by atoms with Gasteiger partial charge in [0.15, 0.2) is 0 Å². The van der Waals surface area contributed by atoms with Gasteiger partial charge in [-0.2, -0.15) is 0 Å². The third kappa shape index (κ3) is 6.22. The third-order valence-electron chi connectivity index (χ3n) is 7.78. The summed E-state index contributed by atoms with van der Waals surface area (Å²) in [5.41, 5.74) is 1.75. The number of imide groups is 1. The van der Waals surface area contributed by atoms with E-state index in [0.29, 0.717) is 18.5 Å². The summed E-state index contributed by atoms with van der Waals surface area (Å²) in [5.74, 6) is 0.364. The number of nitrogens with zero attached hydrogens (tertiary/aromatic N) is 2. The highest BCUT2D eigenvalue weighted by Crippen LogP contribution is 2.34. The summed E-state index contributed by atoms with van der Waals surface area (Å²) in [7, 11) is 2.44. The van der Waals surface area contributed by atoms with Crippen LogP contribution in [-0.4, -0.2) is 65.6 Å². The van der Waals surface area contributed by atoms with E-state index in [1.807, 2.05) is 23.9 Å². The van der Waals surface area contributed by atoms with Crippen LogP contribution in [0.4, 0.5) is 0 Å². The van der Waals surface area contributed by atoms with Crippen LogP contribution < -0.4 is 5.32 Å². The first kappa shape index (κ1) is 25.2. The number of likely N-dealkylation sites (tertiary alicyclic amines) is 1. The van der Waals surface area contributed by atoms with Crippen molar-refractivity contribution < 1.29 is 18.9 Å². The summed E-state index contributed by atoms with van der Waals surface area (Å²) in [6, 6.07) is 5.35. The zero-order valence-corrected chi connectivity index (χ0v) is 21.5. The fourth-order valence-electron chi connectivity index (χ4n) is 5.68. The third-order valence-corrected chi connectivity index (χ3v) is 8.97. The molecule has 7 heteroatoms. The number of quaternary nitrogens is 1. The van der Waals surface area contributed by atoms with E-state index in [-0.39, 0.29) is 24.1 Å². The first-order valence-corrected chi connectivity index (χ1v) is 14.2. The summed E-state index contributed by atoms with van der Waals surface area (Å²) < 4.78 is 1.29. The van der Waals surface area contributed by atoms with E-state index < -0.39 is 6.04 Å². The van der Waals surface area contributed by atoms with Crippen LogP contribution in [0, 0.1) is 0 Å². The minimum Gasteiger partial charge on any atom is -0.326 e. The van der Waals surface area contributed by atoms with Gasteiger partial charge in [-0.05, 0) is 68.4 Å². The van der Waals surface area contributed by atoms with Crippen molar-refractivity contribution in [2.24, 2.45) is 0 Å². The molecule has 1 unspecified atom stereocenters. The first-order valence-electron chi connectivity index (χ1n) is 13.2. The van der Waals surface area contributed by atoms with Gasteiger partial charge in [0.2, 0.25) is 11.8 Å². The molecule has 3 aliphatic rings. The van der Waals surface area contributed by atoms with Gasteiger partial charge < -0.3 is 9.38 Å². The second kappa shape index (κ2) is 11.7. The molecule has 1 atom stereocenters. The average molecular weight is 487 g/mol. The number of amides is 3. The lowest BCUT2D eigenvalue weighted by Crippen LogP contribution is -2.52. The van der Waals surface area contributed by atoms with Gasteiger partial charge in [-0.25, -0.2) is 0 Å². The van der Waals surface area contributed by atoms with Crippen LogP contribution >= 0.6 is 11.8 Å². The highest BCUT2D eigenvalue weighted by molar-refractivity contribution is 7.99. The fourth-order valence-corrected chi connectivity index (χ4v) is 6.77. The lowest BCUT2D eigenvalue weighted by molar-refractivity contribution is -0.914. The fraction of sp³-hybridized carbons (Fsp3) is 0.667. The molecule has 34 heavy (non-hydrogen) atoms. The molecule has 1 aromatic carbocycles. The van der Waals surface area contributed by atoms with Gasteiger partial charge >= 0.3 is 0 Å². The van der Waals surface area contributed by atoms with Gasteiger partial charge in [-0.3, -0.25) is 19.7 Å². The van der Waals surface area contributed by atoms with Gasteiger partial charge in [-0.1, -0.05) is 25.3 Å². The highest BCUT2D eigenvalue weighted by Gasteiger charge is 2.39. The summed E-state index contributed by atoms with van der Waals surface area (Å²) >= 11 is 1.83. The molecule has 3 aliphatic heterocycles. The molecule has 0 bridgehead atoms. The minimum absolute atomic E-state index is 0.0901.